The van der Waals surface area contributed by atoms with Gasteiger partial charge in [-0.15, -0.1) is 0 Å². The topological polar surface area (TPSA) is 77.2 Å². The van der Waals surface area contributed by atoms with Crippen LogP contribution < -0.4 is 15.8 Å². The highest BCUT2D eigenvalue weighted by molar-refractivity contribution is 5.89. The van der Waals surface area contributed by atoms with E-state index in [1.807, 2.05) is 31.2 Å². The third kappa shape index (κ3) is 2.68. The van der Waals surface area contributed by atoms with Gasteiger partial charge in [0.05, 0.1) is 7.11 Å². The van der Waals surface area contributed by atoms with E-state index in [0.29, 0.717) is 13.0 Å². The Labute approximate surface area is 135 Å². The number of hydrogen-bond acceptors (Lipinski definition) is 4. The van der Waals surface area contributed by atoms with Gasteiger partial charge in [0.2, 0.25) is 5.91 Å². The van der Waals surface area contributed by atoms with Crippen LogP contribution >= 0.6 is 0 Å². The molecule has 1 aromatic carbocycles. The summed E-state index contributed by atoms with van der Waals surface area (Å²) in [7, 11) is 1.64. The Hall–Kier alpha value is -2.40. The lowest BCUT2D eigenvalue weighted by Gasteiger charge is -2.24. The standard InChI is InChI=1S/C18H21N3O2/c1-12-10-20-9-7-13(12)11-21-17(22)18(19)8-6-14-15(18)4-3-5-16(14)23-2/h3-5,7,9-10H,6,8,11,19H2,1-2H3,(H,21,22). The van der Waals surface area contributed by atoms with Gasteiger partial charge in [0, 0.05) is 18.9 Å². The van der Waals surface area contributed by atoms with Crippen molar-refractivity contribution in [3.8, 4) is 5.75 Å². The minimum Gasteiger partial charge on any atom is -0.496 e. The number of benzene rings is 1. The van der Waals surface area contributed by atoms with Crippen molar-refractivity contribution in [2.45, 2.75) is 31.8 Å². The van der Waals surface area contributed by atoms with Gasteiger partial charge in [-0.25, -0.2) is 0 Å². The number of ether oxygens (including phenoxy) is 1. The molecule has 0 fully saturated rings. The molecule has 0 bridgehead atoms. The number of fused-ring (bicyclic) bond motifs is 1. The summed E-state index contributed by atoms with van der Waals surface area (Å²) in [6.07, 6.45) is 4.85. The molecule has 1 amide bonds. The fraction of sp³-hybridized carbons (Fsp3) is 0.333. The number of carbonyl (C=O) groups excluding carboxylic acids is 1. The van der Waals surface area contributed by atoms with Gasteiger partial charge in [-0.1, -0.05) is 12.1 Å². The Bertz CT molecular complexity index is 745. The Morgan fingerprint density at radius 1 is 1.43 bits per heavy atom. The van der Waals surface area contributed by atoms with Crippen molar-refractivity contribution in [3.63, 3.8) is 0 Å². The zero-order chi connectivity index (χ0) is 16.4. The number of aromatic nitrogens is 1. The maximum absolute atomic E-state index is 12.7. The predicted octanol–water partition coefficient (Wildman–Crippen LogP) is 1.82. The summed E-state index contributed by atoms with van der Waals surface area (Å²) >= 11 is 0. The van der Waals surface area contributed by atoms with E-state index in [9.17, 15) is 4.79 Å². The molecule has 0 aliphatic heterocycles. The average molecular weight is 311 g/mol. The molecular formula is C18H21N3O2. The number of nitrogens with one attached hydrogen (secondary N) is 1. The monoisotopic (exact) mass is 311 g/mol. The molecule has 3 rings (SSSR count). The van der Waals surface area contributed by atoms with E-state index in [-0.39, 0.29) is 5.91 Å². The average Bonchev–Trinajstić information content (AvgIpc) is 2.92. The van der Waals surface area contributed by atoms with E-state index < -0.39 is 5.54 Å². The van der Waals surface area contributed by atoms with E-state index in [1.165, 1.54) is 0 Å². The molecule has 2 aromatic rings. The van der Waals surface area contributed by atoms with Crippen molar-refractivity contribution in [3.05, 3.63) is 58.9 Å². The molecule has 1 atom stereocenters. The van der Waals surface area contributed by atoms with E-state index in [4.69, 9.17) is 10.5 Å². The van der Waals surface area contributed by atoms with Crippen LogP contribution in [-0.4, -0.2) is 18.0 Å². The largest absolute Gasteiger partial charge is 0.496 e. The summed E-state index contributed by atoms with van der Waals surface area (Å²) in [6.45, 7) is 2.42. The van der Waals surface area contributed by atoms with Gasteiger partial charge in [-0.05, 0) is 54.2 Å². The lowest BCUT2D eigenvalue weighted by atomic mass is 9.91. The Morgan fingerprint density at radius 3 is 3.00 bits per heavy atom. The zero-order valence-electron chi connectivity index (χ0n) is 13.4. The van der Waals surface area contributed by atoms with Crippen LogP contribution in [0, 0.1) is 6.92 Å². The number of methoxy groups -OCH3 is 1. The Balaban J connectivity index is 1.80. The molecule has 23 heavy (non-hydrogen) atoms. The number of nitrogens with zero attached hydrogens (tertiary/aromatic N) is 1. The SMILES string of the molecule is COc1cccc2c1CCC2(N)C(=O)NCc1ccncc1C. The first-order valence-electron chi connectivity index (χ1n) is 7.69. The second-order valence-corrected chi connectivity index (χ2v) is 5.94. The van der Waals surface area contributed by atoms with E-state index in [2.05, 4.69) is 10.3 Å². The number of aryl methyl sites for hydroxylation is 1. The molecule has 0 saturated carbocycles. The van der Waals surface area contributed by atoms with Crippen LogP contribution in [0.5, 0.6) is 5.75 Å². The highest BCUT2D eigenvalue weighted by atomic mass is 16.5. The van der Waals surface area contributed by atoms with E-state index in [0.717, 1.165) is 34.4 Å². The van der Waals surface area contributed by atoms with Crippen LogP contribution in [0.4, 0.5) is 0 Å². The molecule has 0 spiro atoms. The first-order valence-corrected chi connectivity index (χ1v) is 7.69. The maximum atomic E-state index is 12.7. The zero-order valence-corrected chi connectivity index (χ0v) is 13.4. The van der Waals surface area contributed by atoms with Gasteiger partial charge in [-0.3, -0.25) is 9.78 Å². The van der Waals surface area contributed by atoms with Crippen molar-refractivity contribution in [2.24, 2.45) is 5.73 Å². The molecule has 0 saturated heterocycles. The van der Waals surface area contributed by atoms with Crippen LogP contribution in [0.25, 0.3) is 0 Å². The summed E-state index contributed by atoms with van der Waals surface area (Å²) in [5.74, 6) is 0.647. The fourth-order valence-electron chi connectivity index (χ4n) is 3.16. The molecule has 1 aliphatic carbocycles. The third-order valence-electron chi connectivity index (χ3n) is 4.58. The molecular weight excluding hydrogens is 290 g/mol. The van der Waals surface area contributed by atoms with Crippen molar-refractivity contribution < 1.29 is 9.53 Å². The second-order valence-electron chi connectivity index (χ2n) is 5.94. The molecule has 0 radical (unpaired) electrons. The van der Waals surface area contributed by atoms with E-state index >= 15 is 0 Å². The highest BCUT2D eigenvalue weighted by Gasteiger charge is 2.42. The predicted molar refractivity (Wildman–Crippen MR) is 88.0 cm³/mol. The third-order valence-corrected chi connectivity index (χ3v) is 4.58. The molecule has 120 valence electrons. The van der Waals surface area contributed by atoms with Crippen molar-refractivity contribution in [1.29, 1.82) is 0 Å². The van der Waals surface area contributed by atoms with Gasteiger partial charge in [0.15, 0.2) is 0 Å². The van der Waals surface area contributed by atoms with Crippen molar-refractivity contribution in [1.82, 2.24) is 10.3 Å². The van der Waals surface area contributed by atoms with Gasteiger partial charge in [0.1, 0.15) is 11.3 Å². The van der Waals surface area contributed by atoms with Gasteiger partial charge < -0.3 is 15.8 Å². The first-order chi connectivity index (χ1) is 11.1. The minimum absolute atomic E-state index is 0.152. The van der Waals surface area contributed by atoms with Gasteiger partial charge in [-0.2, -0.15) is 0 Å². The van der Waals surface area contributed by atoms with Crippen molar-refractivity contribution in [2.75, 3.05) is 7.11 Å². The molecule has 5 nitrogen and oxygen atoms in total. The Morgan fingerprint density at radius 2 is 2.26 bits per heavy atom. The van der Waals surface area contributed by atoms with Crippen LogP contribution in [0.2, 0.25) is 0 Å². The lowest BCUT2D eigenvalue weighted by molar-refractivity contribution is -0.126. The van der Waals surface area contributed by atoms with Crippen molar-refractivity contribution >= 4 is 5.91 Å². The highest BCUT2D eigenvalue weighted by Crippen LogP contribution is 2.39. The number of nitrogens with two attached hydrogens (primary N) is 1. The van der Waals surface area contributed by atoms with Crippen LogP contribution in [-0.2, 0) is 23.3 Å². The molecule has 1 aromatic heterocycles. The molecule has 1 unspecified atom stereocenters. The van der Waals surface area contributed by atoms with Crippen LogP contribution in [0.3, 0.4) is 0 Å². The number of amides is 1. The summed E-state index contributed by atoms with van der Waals surface area (Å²) in [6, 6.07) is 7.61. The lowest BCUT2D eigenvalue weighted by Crippen LogP contribution is -2.49. The number of pyridine rings is 1. The van der Waals surface area contributed by atoms with Crippen LogP contribution in [0.1, 0.15) is 28.7 Å². The number of carbonyl (C=O) groups is 1. The van der Waals surface area contributed by atoms with Gasteiger partial charge >= 0.3 is 0 Å². The van der Waals surface area contributed by atoms with E-state index in [1.54, 1.807) is 19.5 Å². The summed E-state index contributed by atoms with van der Waals surface area (Å²) in [4.78, 5) is 16.8. The number of rotatable bonds is 4. The van der Waals surface area contributed by atoms with Gasteiger partial charge in [0.25, 0.3) is 0 Å². The number of hydrogen-bond donors (Lipinski definition) is 2. The summed E-state index contributed by atoms with van der Waals surface area (Å²) in [5.41, 5.74) is 9.45. The quantitative estimate of drug-likeness (QED) is 0.903. The maximum Gasteiger partial charge on any atom is 0.244 e. The fourth-order valence-corrected chi connectivity index (χ4v) is 3.16. The molecule has 5 heteroatoms. The first kappa shape index (κ1) is 15.5. The molecule has 1 heterocycles. The summed E-state index contributed by atoms with van der Waals surface area (Å²) < 4.78 is 5.38. The Kier molecular flexibility index (Phi) is 4.05. The second kappa shape index (κ2) is 6.01. The smallest absolute Gasteiger partial charge is 0.244 e. The minimum atomic E-state index is -0.995. The molecule has 3 N–H and O–H groups in total. The van der Waals surface area contributed by atoms with Crippen LogP contribution in [0.15, 0.2) is 36.7 Å². The molecule has 1 aliphatic rings. The normalized spacial score (nSPS) is 19.3. The summed E-state index contributed by atoms with van der Waals surface area (Å²) in [5, 5.41) is 2.97.